The molecule has 2 amide bonds. The van der Waals surface area contributed by atoms with E-state index in [1.54, 1.807) is 11.8 Å². The highest BCUT2D eigenvalue weighted by molar-refractivity contribution is 8.00. The number of ether oxygens (including phenoxy) is 1. The van der Waals surface area contributed by atoms with Gasteiger partial charge in [-0.25, -0.2) is 0 Å². The number of aryl methyl sites for hydroxylation is 2. The number of hydrogen-bond acceptors (Lipinski definition) is 6. The molecular weight excluding hydrogens is 600 g/mol. The van der Waals surface area contributed by atoms with Gasteiger partial charge in [0.05, 0.1) is 22.5 Å². The number of carbonyl (C=O) groups is 2. The summed E-state index contributed by atoms with van der Waals surface area (Å²) in [5, 5.41) is 1.55. The Morgan fingerprint density at radius 1 is 0.953 bits per heavy atom. The van der Waals surface area contributed by atoms with Crippen molar-refractivity contribution in [3.8, 4) is 5.75 Å². The lowest BCUT2D eigenvalue weighted by Crippen LogP contribution is -2.42. The first-order chi connectivity index (χ1) is 20.8. The van der Waals surface area contributed by atoms with Gasteiger partial charge in [-0.2, -0.15) is 0 Å². The molecule has 4 aliphatic rings. The Morgan fingerprint density at radius 2 is 1.70 bits per heavy atom. The van der Waals surface area contributed by atoms with Gasteiger partial charge in [0, 0.05) is 26.6 Å². The fourth-order valence-corrected chi connectivity index (χ4v) is 11.2. The number of aromatic amines is 1. The third-order valence-corrected chi connectivity index (χ3v) is 12.8. The third-order valence-electron chi connectivity index (χ3n) is 9.97. The van der Waals surface area contributed by atoms with E-state index in [1.807, 2.05) is 61.5 Å². The van der Waals surface area contributed by atoms with Gasteiger partial charge in [0.2, 0.25) is 11.8 Å². The molecule has 1 saturated heterocycles. The van der Waals surface area contributed by atoms with Crippen LogP contribution in [0.4, 0.5) is 5.69 Å². The van der Waals surface area contributed by atoms with Crippen LogP contribution in [0.3, 0.4) is 0 Å². The Morgan fingerprint density at radius 3 is 2.47 bits per heavy atom. The van der Waals surface area contributed by atoms with Gasteiger partial charge in [-0.15, -0.1) is 11.8 Å². The van der Waals surface area contributed by atoms with Crippen LogP contribution in [-0.4, -0.2) is 22.0 Å². The van der Waals surface area contributed by atoms with Crippen molar-refractivity contribution in [2.45, 2.75) is 43.1 Å². The van der Waals surface area contributed by atoms with Gasteiger partial charge in [-0.05, 0) is 79.5 Å². The zero-order valence-electron chi connectivity index (χ0n) is 23.6. The first kappa shape index (κ1) is 27.2. The number of benzene rings is 3. The molecule has 1 N–H and O–H groups in total. The molecule has 3 fully saturated rings. The number of H-pyrrole nitrogens is 1. The lowest BCUT2D eigenvalue weighted by molar-refractivity contribution is -0.123. The molecule has 43 heavy (non-hydrogen) atoms. The third kappa shape index (κ3) is 4.17. The van der Waals surface area contributed by atoms with Crippen LogP contribution in [0.15, 0.2) is 76.6 Å². The Kier molecular flexibility index (Phi) is 6.40. The largest absolute Gasteiger partial charge is 0.489 e. The Bertz CT molecular complexity index is 1850. The molecule has 2 aliphatic carbocycles. The summed E-state index contributed by atoms with van der Waals surface area (Å²) in [7, 11) is 0. The van der Waals surface area contributed by atoms with Crippen LogP contribution in [0.2, 0.25) is 5.02 Å². The van der Waals surface area contributed by atoms with E-state index < -0.39 is 0 Å². The van der Waals surface area contributed by atoms with E-state index in [-0.39, 0.29) is 57.4 Å². The highest BCUT2D eigenvalue weighted by Crippen LogP contribution is 2.69. The molecule has 2 aliphatic heterocycles. The number of halogens is 1. The van der Waals surface area contributed by atoms with Crippen LogP contribution < -0.4 is 14.5 Å². The summed E-state index contributed by atoms with van der Waals surface area (Å²) in [6.07, 6.45) is 0.826. The second-order valence-electron chi connectivity index (χ2n) is 12.2. The van der Waals surface area contributed by atoms with Crippen molar-refractivity contribution in [3.05, 3.63) is 109 Å². The van der Waals surface area contributed by atoms with Gasteiger partial charge in [0.15, 0.2) is 0 Å². The van der Waals surface area contributed by atoms with E-state index in [4.69, 9.17) is 16.3 Å². The molecule has 3 aromatic carbocycles. The normalized spacial score (nSPS) is 28.6. The number of fused-ring (bicyclic) bond motifs is 9. The first-order valence-corrected chi connectivity index (χ1v) is 16.7. The minimum absolute atomic E-state index is 0.0120. The summed E-state index contributed by atoms with van der Waals surface area (Å²) in [6.45, 7) is 4.47. The van der Waals surface area contributed by atoms with Crippen LogP contribution in [0.1, 0.15) is 39.5 Å². The van der Waals surface area contributed by atoms with Gasteiger partial charge in [0.1, 0.15) is 12.4 Å². The van der Waals surface area contributed by atoms with Crippen molar-refractivity contribution in [1.82, 2.24) is 4.98 Å². The summed E-state index contributed by atoms with van der Waals surface area (Å²) in [4.78, 5) is 46.1. The number of nitrogens with one attached hydrogen (secondary N) is 1. The SMILES string of the molecule is Cc1ccc(N2C(=O)[C@H]3[C@H]4C[C@@H]([C@@H]3C2=O)[C@H]2[C@H](c3cc(Cl)ccc3OCc3ccccc3C)c3sc(=O)[nH]c3S[C@H]42)cc1. The average Bonchev–Trinajstić information content (AvgIpc) is 3.72. The molecular formula is C34H29ClN2O4S2. The number of imide groups is 1. The fraction of sp³-hybridized carbons (Fsp3) is 0.324. The fourth-order valence-electron chi connectivity index (χ4n) is 8.13. The van der Waals surface area contributed by atoms with Gasteiger partial charge < -0.3 is 9.72 Å². The number of thiazole rings is 1. The number of amides is 2. The van der Waals surface area contributed by atoms with Crippen LogP contribution >= 0.6 is 34.7 Å². The minimum atomic E-state index is -0.365. The molecule has 0 radical (unpaired) electrons. The van der Waals surface area contributed by atoms with Crippen LogP contribution in [0.5, 0.6) is 5.75 Å². The zero-order valence-corrected chi connectivity index (χ0v) is 26.0. The molecule has 0 spiro atoms. The smallest absolute Gasteiger partial charge is 0.305 e. The second-order valence-corrected chi connectivity index (χ2v) is 14.8. The Hall–Kier alpha value is -3.33. The number of anilines is 1. The number of carbonyl (C=O) groups excluding carboxylic acids is 2. The molecule has 1 aromatic heterocycles. The summed E-state index contributed by atoms with van der Waals surface area (Å²) in [5.74, 6) is -0.214. The maximum atomic E-state index is 14.1. The van der Waals surface area contributed by atoms with Gasteiger partial charge in [-0.1, -0.05) is 64.9 Å². The van der Waals surface area contributed by atoms with Crippen molar-refractivity contribution in [2.24, 2.45) is 29.6 Å². The van der Waals surface area contributed by atoms with Crippen molar-refractivity contribution >= 4 is 52.2 Å². The van der Waals surface area contributed by atoms with E-state index in [0.717, 1.165) is 44.3 Å². The highest BCUT2D eigenvalue weighted by atomic mass is 35.5. The number of rotatable bonds is 5. The number of thioether (sulfide) groups is 1. The van der Waals surface area contributed by atoms with E-state index in [0.29, 0.717) is 17.3 Å². The van der Waals surface area contributed by atoms with Crippen LogP contribution in [-0.2, 0) is 16.2 Å². The predicted molar refractivity (Wildman–Crippen MR) is 169 cm³/mol. The maximum Gasteiger partial charge on any atom is 0.305 e. The molecule has 2 saturated carbocycles. The highest BCUT2D eigenvalue weighted by Gasteiger charge is 2.69. The summed E-state index contributed by atoms with van der Waals surface area (Å²) in [6, 6.07) is 21.5. The lowest BCUT2D eigenvalue weighted by atomic mass is 9.68. The monoisotopic (exact) mass is 628 g/mol. The van der Waals surface area contributed by atoms with E-state index in [2.05, 4.69) is 24.0 Å². The van der Waals surface area contributed by atoms with E-state index in [9.17, 15) is 14.4 Å². The lowest BCUT2D eigenvalue weighted by Gasteiger charge is -2.43. The molecule has 8 rings (SSSR count). The average molecular weight is 629 g/mol. The molecule has 218 valence electrons. The summed E-state index contributed by atoms with van der Waals surface area (Å²) >= 11 is 9.55. The summed E-state index contributed by atoms with van der Waals surface area (Å²) in [5.41, 5.74) is 4.91. The quantitative estimate of drug-likeness (QED) is 0.242. The summed E-state index contributed by atoms with van der Waals surface area (Å²) < 4.78 is 6.49. The van der Waals surface area contributed by atoms with E-state index in [1.165, 1.54) is 16.2 Å². The minimum Gasteiger partial charge on any atom is -0.489 e. The second kappa shape index (κ2) is 10.1. The van der Waals surface area contributed by atoms with E-state index >= 15 is 0 Å². The van der Waals surface area contributed by atoms with Crippen LogP contribution in [0, 0.1) is 43.4 Å². The van der Waals surface area contributed by atoms with Crippen LogP contribution in [0.25, 0.3) is 0 Å². The molecule has 4 aromatic rings. The molecule has 9 heteroatoms. The predicted octanol–water partition coefficient (Wildman–Crippen LogP) is 6.96. The van der Waals surface area contributed by atoms with Gasteiger partial charge in [-0.3, -0.25) is 19.3 Å². The Labute approximate surface area is 262 Å². The molecule has 0 unspecified atom stereocenters. The molecule has 6 nitrogen and oxygen atoms in total. The maximum absolute atomic E-state index is 14.1. The molecule has 2 bridgehead atoms. The van der Waals surface area contributed by atoms with Gasteiger partial charge >= 0.3 is 4.87 Å². The topological polar surface area (TPSA) is 79.5 Å². The Balaban J connectivity index is 1.20. The van der Waals surface area contributed by atoms with Crippen molar-refractivity contribution in [3.63, 3.8) is 0 Å². The van der Waals surface area contributed by atoms with Crippen molar-refractivity contribution in [2.75, 3.05) is 4.90 Å². The van der Waals surface area contributed by atoms with Crippen molar-refractivity contribution < 1.29 is 14.3 Å². The molecule has 3 heterocycles. The zero-order chi connectivity index (χ0) is 29.6. The standard InChI is InChI=1S/C34H29ClN2O4S2/c1-16-7-10-20(11-8-16)37-32(38)27-22-14-23(28(27)33(37)39)29-26(22)25(30-31(42-29)36-34(40)43-30)21-13-19(35)9-12-24(21)41-15-18-6-4-3-5-17(18)2/h3-13,22-23,25-29H,14-15H2,1-2H3,(H,36,40)/t22-,23-,25+,26+,27+,28+,29-/m1/s1. The molecule has 7 atom stereocenters. The van der Waals surface area contributed by atoms with Crippen molar-refractivity contribution in [1.29, 1.82) is 0 Å². The first-order valence-electron chi connectivity index (χ1n) is 14.6. The number of hydrogen-bond donors (Lipinski definition) is 1. The van der Waals surface area contributed by atoms with Gasteiger partial charge in [0.25, 0.3) is 0 Å². The number of aromatic nitrogens is 1. The number of nitrogens with zero attached hydrogens (tertiary/aromatic N) is 1.